The summed E-state index contributed by atoms with van der Waals surface area (Å²) in [5.41, 5.74) is 0. The fourth-order valence-electron chi connectivity index (χ4n) is 1.11. The maximum absolute atomic E-state index is 3.79. The minimum absolute atomic E-state index is 0. The first-order valence-corrected chi connectivity index (χ1v) is 5.53. The predicted molar refractivity (Wildman–Crippen MR) is 62.9 cm³/mol. The van der Waals surface area contributed by atoms with Crippen molar-refractivity contribution in [2.24, 2.45) is 0 Å². The van der Waals surface area contributed by atoms with Gasteiger partial charge in [-0.25, -0.2) is 0 Å². The summed E-state index contributed by atoms with van der Waals surface area (Å²) < 4.78 is 0. The van der Waals surface area contributed by atoms with Crippen LogP contribution in [0.25, 0.3) is 0 Å². The molecule has 0 amide bonds. The second-order valence-corrected chi connectivity index (χ2v) is 3.43. The van der Waals surface area contributed by atoms with Gasteiger partial charge in [0.1, 0.15) is 0 Å². The molecular formula is C11H25MnN3. The van der Waals surface area contributed by atoms with E-state index in [9.17, 15) is 0 Å². The first-order chi connectivity index (χ1) is 6.81. The van der Waals surface area contributed by atoms with E-state index in [1.54, 1.807) is 0 Å². The minimum atomic E-state index is 0. The van der Waals surface area contributed by atoms with Crippen LogP contribution in [-0.2, 0) is 17.1 Å². The molecule has 15 heavy (non-hydrogen) atoms. The third-order valence-corrected chi connectivity index (χ3v) is 2.18. The van der Waals surface area contributed by atoms with Crippen molar-refractivity contribution in [3.8, 4) is 0 Å². The fraction of sp³-hybridized carbons (Fsp3) is 0.818. The third kappa shape index (κ3) is 14.4. The van der Waals surface area contributed by atoms with E-state index >= 15 is 0 Å². The number of likely N-dealkylation sites (N-methyl/N-ethyl adjacent to an activating group) is 2. The SMILES string of the molecule is [CH-]1CCNCC1.[CH2-]N(CC)CCNC.[Mn+2]. The van der Waals surface area contributed by atoms with E-state index in [4.69, 9.17) is 0 Å². The number of hydrogen-bond donors (Lipinski definition) is 2. The molecule has 0 aromatic carbocycles. The summed E-state index contributed by atoms with van der Waals surface area (Å²) in [7, 11) is 5.74. The maximum Gasteiger partial charge on any atom is 2.00 e. The Bertz CT molecular complexity index is 96.5. The second-order valence-electron chi connectivity index (χ2n) is 3.43. The summed E-state index contributed by atoms with van der Waals surface area (Å²) in [4.78, 5) is 2.02. The van der Waals surface area contributed by atoms with E-state index in [-0.39, 0.29) is 17.1 Å². The fourth-order valence-corrected chi connectivity index (χ4v) is 1.11. The molecule has 0 spiro atoms. The van der Waals surface area contributed by atoms with Crippen LogP contribution in [-0.4, -0.2) is 44.7 Å². The van der Waals surface area contributed by atoms with Crippen LogP contribution in [0.15, 0.2) is 0 Å². The first kappa shape index (κ1) is 17.8. The van der Waals surface area contributed by atoms with Crippen molar-refractivity contribution in [1.29, 1.82) is 0 Å². The van der Waals surface area contributed by atoms with Crippen LogP contribution in [0, 0.1) is 13.5 Å². The number of hydrogen-bond acceptors (Lipinski definition) is 3. The van der Waals surface area contributed by atoms with Crippen molar-refractivity contribution in [3.05, 3.63) is 13.5 Å². The Labute approximate surface area is 106 Å². The molecule has 0 aromatic rings. The Morgan fingerprint density at radius 1 is 1.40 bits per heavy atom. The molecule has 0 saturated carbocycles. The van der Waals surface area contributed by atoms with Gasteiger partial charge in [-0.05, 0) is 33.2 Å². The van der Waals surface area contributed by atoms with Gasteiger partial charge in [-0.15, -0.1) is 0 Å². The van der Waals surface area contributed by atoms with Gasteiger partial charge in [0.15, 0.2) is 0 Å². The molecule has 0 aromatic heterocycles. The van der Waals surface area contributed by atoms with Gasteiger partial charge in [0.05, 0.1) is 0 Å². The average Bonchev–Trinajstić information content (AvgIpc) is 2.29. The molecule has 0 aliphatic carbocycles. The Morgan fingerprint density at radius 3 is 2.27 bits per heavy atom. The summed E-state index contributed by atoms with van der Waals surface area (Å²) in [6.45, 7) is 7.58. The van der Waals surface area contributed by atoms with E-state index in [1.165, 1.54) is 25.9 Å². The van der Waals surface area contributed by atoms with Crippen molar-refractivity contribution in [2.45, 2.75) is 19.8 Å². The molecule has 0 unspecified atom stereocenters. The van der Waals surface area contributed by atoms with Crippen LogP contribution in [0.2, 0.25) is 0 Å². The first-order valence-electron chi connectivity index (χ1n) is 5.53. The molecule has 1 saturated heterocycles. The van der Waals surface area contributed by atoms with Crippen LogP contribution >= 0.6 is 0 Å². The van der Waals surface area contributed by atoms with Crippen LogP contribution in [0.5, 0.6) is 0 Å². The summed E-state index contributed by atoms with van der Waals surface area (Å²) in [6, 6.07) is 0. The van der Waals surface area contributed by atoms with Crippen molar-refractivity contribution in [3.63, 3.8) is 0 Å². The average molecular weight is 254 g/mol. The molecule has 2 N–H and O–H groups in total. The van der Waals surface area contributed by atoms with Crippen LogP contribution in [0.4, 0.5) is 0 Å². The van der Waals surface area contributed by atoms with Gasteiger partial charge in [0.25, 0.3) is 0 Å². The van der Waals surface area contributed by atoms with Crippen LogP contribution in [0.3, 0.4) is 0 Å². The zero-order valence-corrected chi connectivity index (χ0v) is 11.2. The molecule has 1 fully saturated rings. The zero-order chi connectivity index (χ0) is 10.6. The van der Waals surface area contributed by atoms with Crippen molar-refractivity contribution in [1.82, 2.24) is 15.5 Å². The van der Waals surface area contributed by atoms with Crippen LogP contribution < -0.4 is 10.6 Å². The topological polar surface area (TPSA) is 27.3 Å². The summed E-state index contributed by atoms with van der Waals surface area (Å²) in [5, 5.41) is 6.30. The largest absolute Gasteiger partial charge is 2.00 e. The molecule has 1 heterocycles. The van der Waals surface area contributed by atoms with Crippen molar-refractivity contribution < 1.29 is 17.1 Å². The van der Waals surface area contributed by atoms with Crippen molar-refractivity contribution in [2.75, 3.05) is 39.8 Å². The Balaban J connectivity index is 0. The minimum Gasteiger partial charge on any atom is -0.458 e. The van der Waals surface area contributed by atoms with Gasteiger partial charge < -0.3 is 22.0 Å². The quantitative estimate of drug-likeness (QED) is 0.576. The molecular weight excluding hydrogens is 229 g/mol. The Morgan fingerprint density at radius 2 is 2.00 bits per heavy atom. The second kappa shape index (κ2) is 14.4. The normalized spacial score (nSPS) is 15.2. The van der Waals surface area contributed by atoms with E-state index in [0.29, 0.717) is 0 Å². The van der Waals surface area contributed by atoms with Gasteiger partial charge in [-0.3, -0.25) is 7.05 Å². The molecule has 0 atom stereocenters. The van der Waals surface area contributed by atoms with Gasteiger partial charge in [0.2, 0.25) is 0 Å². The van der Waals surface area contributed by atoms with E-state index in [2.05, 4.69) is 31.0 Å². The molecule has 91 valence electrons. The van der Waals surface area contributed by atoms with Gasteiger partial charge in [-0.1, -0.05) is 6.92 Å². The van der Waals surface area contributed by atoms with Crippen molar-refractivity contribution >= 4 is 0 Å². The number of nitrogens with zero attached hydrogens (tertiary/aromatic N) is 1. The van der Waals surface area contributed by atoms with Gasteiger partial charge >= 0.3 is 17.1 Å². The maximum atomic E-state index is 3.79. The standard InChI is InChI=1S/C6H15N2.C5H10N.Mn/c1-4-8(3)6-5-7-2;1-2-4-6-5-3-1;/h7H,3-6H2,1-2H3;1,6H,2-5H2;/q2*-1;+2. The number of piperidine rings is 1. The predicted octanol–water partition coefficient (Wildman–Crippen LogP) is 0.891. The Hall–Kier alpha value is 0.399. The Kier molecular flexibility index (Phi) is 17.1. The summed E-state index contributed by atoms with van der Waals surface area (Å²) in [6.07, 6.45) is 4.86. The molecule has 1 aliphatic heterocycles. The van der Waals surface area contributed by atoms with E-state index in [1.807, 2.05) is 11.9 Å². The molecule has 0 bridgehead atoms. The molecule has 3 nitrogen and oxygen atoms in total. The van der Waals surface area contributed by atoms with E-state index < -0.39 is 0 Å². The molecule has 1 rings (SSSR count). The van der Waals surface area contributed by atoms with Crippen LogP contribution in [0.1, 0.15) is 19.8 Å². The van der Waals surface area contributed by atoms with E-state index in [0.717, 1.165) is 19.6 Å². The smallest absolute Gasteiger partial charge is 0.458 e. The van der Waals surface area contributed by atoms with Gasteiger partial charge in [-0.2, -0.15) is 12.8 Å². The number of rotatable bonds is 4. The molecule has 1 radical (unpaired) electrons. The monoisotopic (exact) mass is 254 g/mol. The summed E-state index contributed by atoms with van der Waals surface area (Å²) >= 11 is 0. The zero-order valence-electron chi connectivity index (χ0n) is 10.1. The number of nitrogens with one attached hydrogen (secondary N) is 2. The molecule has 1 aliphatic rings. The third-order valence-electron chi connectivity index (χ3n) is 2.18. The summed E-state index contributed by atoms with van der Waals surface area (Å²) in [5.74, 6) is 0. The molecule has 4 heteroatoms. The van der Waals surface area contributed by atoms with Gasteiger partial charge in [0, 0.05) is 6.54 Å².